The Morgan fingerprint density at radius 1 is 1.15 bits per heavy atom. The highest BCUT2D eigenvalue weighted by molar-refractivity contribution is 6.11. The molecular formula is C16H12FN3. The molecule has 0 spiro atoms. The van der Waals surface area contributed by atoms with Gasteiger partial charge in [-0.2, -0.15) is 10.3 Å². The third-order valence-electron chi connectivity index (χ3n) is 3.40. The molecule has 0 saturated carbocycles. The number of anilines is 1. The highest BCUT2D eigenvalue weighted by Crippen LogP contribution is 2.29. The van der Waals surface area contributed by atoms with Crippen LogP contribution in [0, 0.1) is 17.3 Å². The molecule has 0 saturated heterocycles. The molecule has 2 aromatic rings. The molecule has 0 fully saturated rings. The molecule has 1 heterocycles. The number of hydrogen-bond donors (Lipinski definition) is 0. The summed E-state index contributed by atoms with van der Waals surface area (Å²) in [4.78, 5) is 5.94. The Balaban J connectivity index is 2.04. The molecule has 0 bridgehead atoms. The second kappa shape index (κ2) is 5.14. The van der Waals surface area contributed by atoms with Crippen LogP contribution in [0.5, 0.6) is 0 Å². The fraction of sp³-hybridized carbons (Fsp3) is 0.125. The lowest BCUT2D eigenvalue weighted by molar-refractivity contribution is 0.627. The van der Waals surface area contributed by atoms with E-state index in [1.807, 2.05) is 29.3 Å². The summed E-state index contributed by atoms with van der Waals surface area (Å²) in [6.45, 7) is 0.775. The van der Waals surface area contributed by atoms with E-state index in [-0.39, 0.29) is 5.82 Å². The van der Waals surface area contributed by atoms with E-state index in [9.17, 15) is 4.39 Å². The lowest BCUT2D eigenvalue weighted by Crippen LogP contribution is -2.29. The molecule has 0 N–H and O–H groups in total. The van der Waals surface area contributed by atoms with Gasteiger partial charge in [-0.1, -0.05) is 18.2 Å². The number of nitrogens with zero attached hydrogens (tertiary/aromatic N) is 3. The van der Waals surface area contributed by atoms with Gasteiger partial charge < -0.3 is 4.90 Å². The zero-order chi connectivity index (χ0) is 13.9. The van der Waals surface area contributed by atoms with Crippen molar-refractivity contribution in [3.8, 4) is 6.19 Å². The molecule has 1 aliphatic heterocycles. The van der Waals surface area contributed by atoms with Crippen LogP contribution in [-0.4, -0.2) is 12.4 Å². The SMILES string of the molecule is N#CN=C(c1ccc(F)cc1)N1CCc2ccccc21. The maximum absolute atomic E-state index is 13.0. The zero-order valence-corrected chi connectivity index (χ0v) is 10.8. The van der Waals surface area contributed by atoms with E-state index in [1.54, 1.807) is 12.1 Å². The predicted octanol–water partition coefficient (Wildman–Crippen LogP) is 3.12. The molecule has 2 aromatic carbocycles. The molecule has 0 unspecified atom stereocenters. The molecule has 1 aliphatic rings. The molecule has 98 valence electrons. The van der Waals surface area contributed by atoms with Gasteiger partial charge in [0.05, 0.1) is 0 Å². The number of rotatable bonds is 1. The normalized spacial score (nSPS) is 14.0. The monoisotopic (exact) mass is 265 g/mol. The number of para-hydroxylation sites is 1. The Labute approximate surface area is 116 Å². The summed E-state index contributed by atoms with van der Waals surface area (Å²) in [5.41, 5.74) is 3.04. The van der Waals surface area contributed by atoms with E-state index >= 15 is 0 Å². The molecule has 0 radical (unpaired) electrons. The second-order valence-corrected chi connectivity index (χ2v) is 4.57. The molecular weight excluding hydrogens is 253 g/mol. The van der Waals surface area contributed by atoms with Crippen LogP contribution in [0.4, 0.5) is 10.1 Å². The van der Waals surface area contributed by atoms with E-state index in [2.05, 4.69) is 11.1 Å². The van der Waals surface area contributed by atoms with E-state index in [4.69, 9.17) is 5.26 Å². The van der Waals surface area contributed by atoms with Crippen LogP contribution in [0.15, 0.2) is 53.5 Å². The average Bonchev–Trinajstić information content (AvgIpc) is 2.90. The molecule has 0 aliphatic carbocycles. The van der Waals surface area contributed by atoms with Gasteiger partial charge in [0.15, 0.2) is 5.84 Å². The molecule has 20 heavy (non-hydrogen) atoms. The van der Waals surface area contributed by atoms with E-state index in [0.717, 1.165) is 24.2 Å². The fourth-order valence-electron chi connectivity index (χ4n) is 2.49. The summed E-state index contributed by atoms with van der Waals surface area (Å²) in [6.07, 6.45) is 2.76. The van der Waals surface area contributed by atoms with Crippen LogP contribution >= 0.6 is 0 Å². The highest BCUT2D eigenvalue weighted by Gasteiger charge is 2.23. The topological polar surface area (TPSA) is 39.4 Å². The number of nitriles is 1. The summed E-state index contributed by atoms with van der Waals surface area (Å²) < 4.78 is 13.0. The van der Waals surface area contributed by atoms with Gasteiger partial charge >= 0.3 is 0 Å². The van der Waals surface area contributed by atoms with Gasteiger partial charge in [0.25, 0.3) is 0 Å². The van der Waals surface area contributed by atoms with Crippen LogP contribution in [0.25, 0.3) is 0 Å². The largest absolute Gasteiger partial charge is 0.325 e. The van der Waals surface area contributed by atoms with Crippen molar-refractivity contribution in [2.75, 3.05) is 11.4 Å². The molecule has 3 rings (SSSR count). The van der Waals surface area contributed by atoms with Gasteiger partial charge in [-0.3, -0.25) is 0 Å². The number of halogens is 1. The average molecular weight is 265 g/mol. The summed E-state index contributed by atoms with van der Waals surface area (Å²) in [5.74, 6) is 0.268. The summed E-state index contributed by atoms with van der Waals surface area (Å²) >= 11 is 0. The Hall–Kier alpha value is -2.67. The van der Waals surface area contributed by atoms with Crippen molar-refractivity contribution in [1.29, 1.82) is 5.26 Å². The molecule has 0 aromatic heterocycles. The van der Waals surface area contributed by atoms with Crippen LogP contribution in [-0.2, 0) is 6.42 Å². The van der Waals surface area contributed by atoms with Crippen molar-refractivity contribution in [3.05, 3.63) is 65.5 Å². The third-order valence-corrected chi connectivity index (χ3v) is 3.40. The lowest BCUT2D eigenvalue weighted by Gasteiger charge is -2.20. The van der Waals surface area contributed by atoms with Gasteiger partial charge in [0.2, 0.25) is 6.19 Å². The number of hydrogen-bond acceptors (Lipinski definition) is 2. The molecule has 4 heteroatoms. The van der Waals surface area contributed by atoms with E-state index in [1.165, 1.54) is 17.7 Å². The molecule has 0 amide bonds. The quantitative estimate of drug-likeness (QED) is 0.451. The van der Waals surface area contributed by atoms with Crippen molar-refractivity contribution in [1.82, 2.24) is 0 Å². The third kappa shape index (κ3) is 2.14. The Kier molecular flexibility index (Phi) is 3.18. The highest BCUT2D eigenvalue weighted by atomic mass is 19.1. The first-order valence-corrected chi connectivity index (χ1v) is 6.38. The van der Waals surface area contributed by atoms with Crippen molar-refractivity contribution >= 4 is 11.5 Å². The van der Waals surface area contributed by atoms with Gasteiger partial charge in [0, 0.05) is 17.8 Å². The first-order valence-electron chi connectivity index (χ1n) is 6.38. The van der Waals surface area contributed by atoms with Gasteiger partial charge in [-0.05, 0) is 42.3 Å². The number of fused-ring (bicyclic) bond motifs is 1. The first kappa shape index (κ1) is 12.4. The molecule has 0 atom stereocenters. The van der Waals surface area contributed by atoms with Gasteiger partial charge in [-0.15, -0.1) is 0 Å². The second-order valence-electron chi connectivity index (χ2n) is 4.57. The van der Waals surface area contributed by atoms with Gasteiger partial charge in [0.1, 0.15) is 5.82 Å². The van der Waals surface area contributed by atoms with Gasteiger partial charge in [-0.25, -0.2) is 4.39 Å². The standard InChI is InChI=1S/C16H12FN3/c17-14-7-5-13(6-8-14)16(19-11-18)20-10-9-12-3-1-2-4-15(12)20/h1-8H,9-10H2. The van der Waals surface area contributed by atoms with E-state index in [0.29, 0.717) is 5.84 Å². The lowest BCUT2D eigenvalue weighted by atomic mass is 10.1. The van der Waals surface area contributed by atoms with Crippen molar-refractivity contribution in [2.24, 2.45) is 4.99 Å². The fourth-order valence-corrected chi connectivity index (χ4v) is 2.49. The number of aliphatic imine (C=N–C) groups is 1. The van der Waals surface area contributed by atoms with Crippen molar-refractivity contribution in [3.63, 3.8) is 0 Å². The zero-order valence-electron chi connectivity index (χ0n) is 10.8. The van der Waals surface area contributed by atoms with E-state index < -0.39 is 0 Å². The molecule has 3 nitrogen and oxygen atoms in total. The Morgan fingerprint density at radius 2 is 1.90 bits per heavy atom. The number of benzene rings is 2. The maximum atomic E-state index is 13.0. The number of amidine groups is 1. The first-order chi connectivity index (χ1) is 9.79. The minimum absolute atomic E-state index is 0.299. The summed E-state index contributed by atoms with van der Waals surface area (Å²) in [7, 11) is 0. The predicted molar refractivity (Wildman–Crippen MR) is 76.0 cm³/mol. The maximum Gasteiger partial charge on any atom is 0.207 e. The van der Waals surface area contributed by atoms with Crippen LogP contribution in [0.2, 0.25) is 0 Å². The Bertz CT molecular complexity index is 698. The Morgan fingerprint density at radius 3 is 2.65 bits per heavy atom. The van der Waals surface area contributed by atoms with Crippen LogP contribution < -0.4 is 4.90 Å². The summed E-state index contributed by atoms with van der Waals surface area (Å²) in [6, 6.07) is 14.1. The van der Waals surface area contributed by atoms with Crippen molar-refractivity contribution in [2.45, 2.75) is 6.42 Å². The minimum atomic E-state index is -0.299. The van der Waals surface area contributed by atoms with Crippen molar-refractivity contribution < 1.29 is 4.39 Å². The minimum Gasteiger partial charge on any atom is -0.325 e. The summed E-state index contributed by atoms with van der Waals surface area (Å²) in [5, 5.41) is 8.92. The van der Waals surface area contributed by atoms with Crippen LogP contribution in [0.1, 0.15) is 11.1 Å². The van der Waals surface area contributed by atoms with Crippen LogP contribution in [0.3, 0.4) is 0 Å². The smallest absolute Gasteiger partial charge is 0.207 e.